The third-order valence-electron chi connectivity index (χ3n) is 6.03. The number of nitrogens with zero attached hydrogens (tertiary/aromatic N) is 1. The zero-order chi connectivity index (χ0) is 21.9. The molecule has 0 aromatic heterocycles. The maximum Gasteiger partial charge on any atom is 0.191 e. The molecular formula is C24H39N3O3S. The van der Waals surface area contributed by atoms with Gasteiger partial charge in [-0.2, -0.15) is 0 Å². The first kappa shape index (κ1) is 24.2. The van der Waals surface area contributed by atoms with Gasteiger partial charge >= 0.3 is 0 Å². The normalized spacial score (nSPS) is 24.0. The van der Waals surface area contributed by atoms with Gasteiger partial charge in [-0.15, -0.1) is 0 Å². The van der Waals surface area contributed by atoms with Crippen molar-refractivity contribution >= 4 is 16.8 Å². The monoisotopic (exact) mass is 449 g/mol. The predicted octanol–water partition coefficient (Wildman–Crippen LogP) is 3.52. The van der Waals surface area contributed by atoms with Crippen molar-refractivity contribution in [1.82, 2.24) is 10.6 Å². The summed E-state index contributed by atoms with van der Waals surface area (Å²) in [6, 6.07) is 8.84. The summed E-state index contributed by atoms with van der Waals surface area (Å²) >= 11 is 0. The largest absolute Gasteiger partial charge is 0.381 e. The van der Waals surface area contributed by atoms with Crippen molar-refractivity contribution in [2.75, 3.05) is 25.5 Å². The number of ether oxygens (including phenoxy) is 2. The molecule has 2 aliphatic rings. The maximum absolute atomic E-state index is 12.2. The highest BCUT2D eigenvalue weighted by molar-refractivity contribution is 7.85. The van der Waals surface area contributed by atoms with E-state index in [0.29, 0.717) is 30.5 Å². The number of hydrogen-bond donors (Lipinski definition) is 2. The zero-order valence-electron chi connectivity index (χ0n) is 19.1. The van der Waals surface area contributed by atoms with E-state index < -0.39 is 10.8 Å². The number of nitrogens with one attached hydrogen (secondary N) is 2. The van der Waals surface area contributed by atoms with Crippen LogP contribution in [0.2, 0.25) is 0 Å². The number of rotatable bonds is 9. The van der Waals surface area contributed by atoms with Crippen LogP contribution in [0, 0.1) is 0 Å². The molecule has 0 radical (unpaired) electrons. The second-order valence-corrected chi connectivity index (χ2v) is 10.4. The fourth-order valence-corrected chi connectivity index (χ4v) is 5.66. The number of guanidine groups is 1. The molecule has 1 aromatic carbocycles. The van der Waals surface area contributed by atoms with Gasteiger partial charge in [-0.3, -0.25) is 4.21 Å². The molecule has 3 unspecified atom stereocenters. The molecule has 1 heterocycles. The molecule has 31 heavy (non-hydrogen) atoms. The highest BCUT2D eigenvalue weighted by Gasteiger charge is 2.26. The Balaban J connectivity index is 1.54. The van der Waals surface area contributed by atoms with Gasteiger partial charge in [0, 0.05) is 47.6 Å². The van der Waals surface area contributed by atoms with Gasteiger partial charge in [-0.05, 0) is 50.2 Å². The lowest BCUT2D eigenvalue weighted by molar-refractivity contribution is -0.0390. The molecule has 6 nitrogen and oxygen atoms in total. The summed E-state index contributed by atoms with van der Waals surface area (Å²) in [4.78, 5) is 4.82. The molecule has 3 rings (SSSR count). The number of aliphatic imine (C=N–C) groups is 1. The van der Waals surface area contributed by atoms with Crippen LogP contribution in [0.4, 0.5) is 0 Å². The Hall–Kier alpha value is -1.44. The molecule has 1 aromatic rings. The van der Waals surface area contributed by atoms with E-state index in [-0.39, 0.29) is 0 Å². The molecule has 1 aliphatic heterocycles. The molecule has 2 fully saturated rings. The first-order valence-electron chi connectivity index (χ1n) is 11.9. The molecule has 1 saturated heterocycles. The Morgan fingerprint density at radius 3 is 2.77 bits per heavy atom. The summed E-state index contributed by atoms with van der Waals surface area (Å²) in [7, 11) is -0.712. The van der Waals surface area contributed by atoms with Crippen molar-refractivity contribution in [2.45, 2.75) is 82.9 Å². The second-order valence-electron chi connectivity index (χ2n) is 8.44. The van der Waals surface area contributed by atoms with Crippen molar-refractivity contribution in [3.8, 4) is 0 Å². The summed E-state index contributed by atoms with van der Waals surface area (Å²) in [5.74, 6) is 1.60. The number of benzene rings is 1. The predicted molar refractivity (Wildman–Crippen MR) is 128 cm³/mol. The van der Waals surface area contributed by atoms with Crippen LogP contribution < -0.4 is 10.6 Å². The Labute approximate surface area is 190 Å². The van der Waals surface area contributed by atoms with Crippen LogP contribution in [0.3, 0.4) is 0 Å². The highest BCUT2D eigenvalue weighted by Crippen LogP contribution is 2.23. The zero-order valence-corrected chi connectivity index (χ0v) is 19.9. The maximum atomic E-state index is 12.2. The molecular weight excluding hydrogens is 410 g/mol. The van der Waals surface area contributed by atoms with E-state index in [4.69, 9.17) is 14.5 Å². The molecule has 0 amide bonds. The lowest BCUT2D eigenvalue weighted by Gasteiger charge is -2.30. The summed E-state index contributed by atoms with van der Waals surface area (Å²) < 4.78 is 23.7. The fraction of sp³-hybridized carbons (Fsp3) is 0.708. The van der Waals surface area contributed by atoms with Crippen LogP contribution in [-0.4, -0.2) is 53.1 Å². The molecule has 0 spiro atoms. The molecule has 1 aliphatic carbocycles. The van der Waals surface area contributed by atoms with E-state index in [2.05, 4.69) is 41.8 Å². The lowest BCUT2D eigenvalue weighted by atomic mass is 9.95. The van der Waals surface area contributed by atoms with E-state index >= 15 is 0 Å². The van der Waals surface area contributed by atoms with Gasteiger partial charge in [-0.25, -0.2) is 4.99 Å². The third kappa shape index (κ3) is 8.20. The summed E-state index contributed by atoms with van der Waals surface area (Å²) in [6.07, 6.45) is 6.55. The summed E-state index contributed by atoms with van der Waals surface area (Å²) in [5, 5.41) is 7.27. The Bertz CT molecular complexity index is 722. The van der Waals surface area contributed by atoms with Crippen LogP contribution in [0.15, 0.2) is 29.3 Å². The van der Waals surface area contributed by atoms with Gasteiger partial charge in [-0.1, -0.05) is 37.6 Å². The topological polar surface area (TPSA) is 72.0 Å². The van der Waals surface area contributed by atoms with Crippen LogP contribution in [0.25, 0.3) is 0 Å². The van der Waals surface area contributed by atoms with Crippen molar-refractivity contribution in [1.29, 1.82) is 0 Å². The summed E-state index contributed by atoms with van der Waals surface area (Å²) in [5.41, 5.74) is 2.37. The Morgan fingerprint density at radius 2 is 2.00 bits per heavy atom. The van der Waals surface area contributed by atoms with Gasteiger partial charge in [0.1, 0.15) is 0 Å². The second kappa shape index (κ2) is 13.2. The van der Waals surface area contributed by atoms with Crippen LogP contribution in [0.5, 0.6) is 0 Å². The van der Waals surface area contributed by atoms with E-state index in [0.717, 1.165) is 70.0 Å². The quantitative estimate of drug-likeness (QED) is 0.446. The van der Waals surface area contributed by atoms with Crippen LogP contribution >= 0.6 is 0 Å². The molecule has 7 heteroatoms. The van der Waals surface area contributed by atoms with Crippen LogP contribution in [0.1, 0.15) is 63.5 Å². The number of hydrogen-bond acceptors (Lipinski definition) is 4. The molecule has 174 valence electrons. The minimum absolute atomic E-state index is 0.307. The molecule has 1 saturated carbocycles. The van der Waals surface area contributed by atoms with Gasteiger partial charge in [0.25, 0.3) is 0 Å². The SMILES string of the molecule is CCNC(=NCc1cccc(COC2CCOCC2)c1)NC1CCCC(S(=O)CC)C1. The molecule has 3 atom stereocenters. The van der Waals surface area contributed by atoms with Crippen molar-refractivity contribution < 1.29 is 13.7 Å². The van der Waals surface area contributed by atoms with Gasteiger partial charge in [0.2, 0.25) is 0 Å². The van der Waals surface area contributed by atoms with Crippen molar-refractivity contribution in [3.05, 3.63) is 35.4 Å². The van der Waals surface area contributed by atoms with E-state index in [1.54, 1.807) is 0 Å². The van der Waals surface area contributed by atoms with E-state index in [1.165, 1.54) is 11.1 Å². The van der Waals surface area contributed by atoms with Gasteiger partial charge < -0.3 is 20.1 Å². The van der Waals surface area contributed by atoms with E-state index in [1.807, 2.05) is 6.92 Å². The van der Waals surface area contributed by atoms with Crippen LogP contribution in [-0.2, 0) is 33.4 Å². The molecule has 0 bridgehead atoms. The average molecular weight is 450 g/mol. The fourth-order valence-electron chi connectivity index (χ4n) is 4.31. The first-order chi connectivity index (χ1) is 15.2. The average Bonchev–Trinajstić information content (AvgIpc) is 2.82. The van der Waals surface area contributed by atoms with E-state index in [9.17, 15) is 4.21 Å². The standard InChI is InChI=1S/C24H39N3O3S/c1-3-25-24(27-21-9-6-10-23(16-21)31(28)4-2)26-17-19-7-5-8-20(15-19)18-30-22-11-13-29-14-12-22/h5,7-8,15,21-23H,3-4,6,9-14,16-18H2,1-2H3,(H2,25,26,27). The third-order valence-corrected chi connectivity index (χ3v) is 7.77. The van der Waals surface area contributed by atoms with Gasteiger partial charge in [0.15, 0.2) is 5.96 Å². The van der Waals surface area contributed by atoms with Crippen molar-refractivity contribution in [2.24, 2.45) is 4.99 Å². The van der Waals surface area contributed by atoms with Gasteiger partial charge in [0.05, 0.1) is 19.3 Å². The Kier molecular flexibility index (Phi) is 10.3. The molecule has 2 N–H and O–H groups in total. The first-order valence-corrected chi connectivity index (χ1v) is 13.2. The Morgan fingerprint density at radius 1 is 1.19 bits per heavy atom. The lowest BCUT2D eigenvalue weighted by Crippen LogP contribution is -2.46. The minimum atomic E-state index is -0.712. The minimum Gasteiger partial charge on any atom is -0.381 e. The smallest absolute Gasteiger partial charge is 0.191 e. The summed E-state index contributed by atoms with van der Waals surface area (Å²) in [6.45, 7) is 7.78. The van der Waals surface area contributed by atoms with Crippen molar-refractivity contribution in [3.63, 3.8) is 0 Å². The highest BCUT2D eigenvalue weighted by atomic mass is 32.2.